The molecule has 3 aromatic carbocycles. The molecule has 0 atom stereocenters. The molecule has 2 amide bonds. The van der Waals surface area contributed by atoms with Gasteiger partial charge in [-0.1, -0.05) is 0 Å². The lowest BCUT2D eigenvalue weighted by molar-refractivity contribution is -0.131. The monoisotopic (exact) mass is 515 g/mol. The Balaban J connectivity index is 1.31. The Morgan fingerprint density at radius 1 is 0.868 bits per heavy atom. The van der Waals surface area contributed by atoms with E-state index >= 15 is 0 Å². The molecule has 8 nitrogen and oxygen atoms in total. The van der Waals surface area contributed by atoms with Crippen LogP contribution < -0.4 is 24.8 Å². The van der Waals surface area contributed by atoms with Gasteiger partial charge in [0.15, 0.2) is 11.5 Å². The van der Waals surface area contributed by atoms with Crippen LogP contribution in [-0.4, -0.2) is 31.0 Å². The van der Waals surface area contributed by atoms with Gasteiger partial charge < -0.3 is 24.8 Å². The largest absolute Gasteiger partial charge is 0.493 e. The highest BCUT2D eigenvalue weighted by Gasteiger charge is 2.56. The van der Waals surface area contributed by atoms with Gasteiger partial charge in [0.25, 0.3) is 0 Å². The first kappa shape index (κ1) is 25.0. The van der Waals surface area contributed by atoms with E-state index in [1.54, 1.807) is 50.7 Å². The number of fused-ring (bicyclic) bond motifs is 1. The third-order valence-electron chi connectivity index (χ3n) is 6.60. The summed E-state index contributed by atoms with van der Waals surface area (Å²) in [5.41, 5.74) is 1.33. The first-order chi connectivity index (χ1) is 18.3. The van der Waals surface area contributed by atoms with E-state index < -0.39 is 17.1 Å². The molecule has 1 heterocycles. The standard InChI is InChI=1S/C29H26FN3O5/c1-17-14-20(38-24-10-13-31-23-16-26(37-3)25(36-2)15-21(23)24)8-9-22(17)33-28(35)29(11-12-29)27(34)32-19-6-4-18(30)5-7-19/h4-10,13-16H,11-12H2,1-3H3,(H,32,34)(H,33,35). The molecule has 4 aromatic rings. The number of ether oxygens (including phenoxy) is 3. The molecule has 0 unspecified atom stereocenters. The van der Waals surface area contributed by atoms with Crippen LogP contribution in [0.4, 0.5) is 15.8 Å². The van der Waals surface area contributed by atoms with Crippen LogP contribution in [0, 0.1) is 18.2 Å². The van der Waals surface area contributed by atoms with Crippen LogP contribution in [0.25, 0.3) is 10.9 Å². The van der Waals surface area contributed by atoms with E-state index in [4.69, 9.17) is 14.2 Å². The van der Waals surface area contributed by atoms with Gasteiger partial charge in [-0.3, -0.25) is 14.6 Å². The Kier molecular flexibility index (Phi) is 6.59. The van der Waals surface area contributed by atoms with Crippen LogP contribution in [0.15, 0.2) is 66.9 Å². The fraction of sp³-hybridized carbons (Fsp3) is 0.207. The number of anilines is 2. The van der Waals surface area contributed by atoms with E-state index in [0.29, 0.717) is 52.7 Å². The van der Waals surface area contributed by atoms with Crippen LogP contribution in [0.1, 0.15) is 18.4 Å². The van der Waals surface area contributed by atoms with Crippen molar-refractivity contribution in [2.24, 2.45) is 5.41 Å². The maximum absolute atomic E-state index is 13.2. The lowest BCUT2D eigenvalue weighted by Crippen LogP contribution is -2.35. The lowest BCUT2D eigenvalue weighted by Gasteiger charge is -2.17. The number of hydrogen-bond donors (Lipinski definition) is 2. The van der Waals surface area contributed by atoms with Crippen LogP contribution >= 0.6 is 0 Å². The van der Waals surface area contributed by atoms with Crippen molar-refractivity contribution in [1.29, 1.82) is 0 Å². The highest BCUT2D eigenvalue weighted by Crippen LogP contribution is 2.48. The first-order valence-electron chi connectivity index (χ1n) is 12.0. The van der Waals surface area contributed by atoms with Crippen LogP contribution in [-0.2, 0) is 9.59 Å². The Hall–Kier alpha value is -4.66. The van der Waals surface area contributed by atoms with Crippen LogP contribution in [0.5, 0.6) is 23.0 Å². The van der Waals surface area contributed by atoms with E-state index in [9.17, 15) is 14.0 Å². The van der Waals surface area contributed by atoms with Gasteiger partial charge >= 0.3 is 0 Å². The number of carbonyl (C=O) groups excluding carboxylic acids is 2. The smallest absolute Gasteiger partial charge is 0.240 e. The molecule has 5 rings (SSSR count). The van der Waals surface area contributed by atoms with Crippen LogP contribution in [0.3, 0.4) is 0 Å². The summed E-state index contributed by atoms with van der Waals surface area (Å²) < 4.78 is 30.1. The number of aryl methyl sites for hydroxylation is 1. The number of benzene rings is 3. The highest BCUT2D eigenvalue weighted by molar-refractivity contribution is 6.17. The Morgan fingerprint density at radius 3 is 2.21 bits per heavy atom. The summed E-state index contributed by atoms with van der Waals surface area (Å²) >= 11 is 0. The van der Waals surface area contributed by atoms with Crippen molar-refractivity contribution in [2.75, 3.05) is 24.9 Å². The number of carbonyl (C=O) groups is 2. The molecule has 1 saturated carbocycles. The molecule has 1 aliphatic rings. The molecule has 9 heteroatoms. The molecule has 1 fully saturated rings. The summed E-state index contributed by atoms with van der Waals surface area (Å²) in [7, 11) is 3.13. The topological polar surface area (TPSA) is 98.8 Å². The predicted octanol–water partition coefficient (Wildman–Crippen LogP) is 5.85. The number of methoxy groups -OCH3 is 2. The minimum Gasteiger partial charge on any atom is -0.493 e. The number of amides is 2. The molecule has 0 radical (unpaired) electrons. The summed E-state index contributed by atoms with van der Waals surface area (Å²) in [6, 6.07) is 16.1. The molecule has 194 valence electrons. The molecular formula is C29H26FN3O5. The maximum Gasteiger partial charge on any atom is 0.240 e. The molecule has 0 saturated heterocycles. The van der Waals surface area contributed by atoms with E-state index in [2.05, 4.69) is 15.6 Å². The molecule has 0 bridgehead atoms. The minimum atomic E-state index is -1.15. The number of aromatic nitrogens is 1. The van der Waals surface area contributed by atoms with E-state index in [1.807, 2.05) is 13.0 Å². The van der Waals surface area contributed by atoms with Crippen molar-refractivity contribution >= 4 is 34.1 Å². The van der Waals surface area contributed by atoms with Crippen molar-refractivity contribution in [3.63, 3.8) is 0 Å². The summed E-state index contributed by atoms with van der Waals surface area (Å²) in [5, 5.41) is 6.35. The number of halogens is 1. The molecule has 38 heavy (non-hydrogen) atoms. The number of nitrogens with zero attached hydrogens (tertiary/aromatic N) is 1. The van der Waals surface area contributed by atoms with Gasteiger partial charge in [-0.05, 0) is 79.9 Å². The number of hydrogen-bond acceptors (Lipinski definition) is 6. The second kappa shape index (κ2) is 10.0. The third kappa shape index (κ3) is 4.82. The van der Waals surface area contributed by atoms with E-state index in [0.717, 1.165) is 10.9 Å². The second-order valence-corrected chi connectivity index (χ2v) is 9.11. The summed E-state index contributed by atoms with van der Waals surface area (Å²) in [6.07, 6.45) is 2.53. The number of pyridine rings is 1. The van der Waals surface area contributed by atoms with Crippen molar-refractivity contribution < 1.29 is 28.2 Å². The van der Waals surface area contributed by atoms with Gasteiger partial charge in [-0.2, -0.15) is 0 Å². The normalized spacial score (nSPS) is 13.5. The summed E-state index contributed by atoms with van der Waals surface area (Å²) in [5.74, 6) is 1.09. The number of nitrogens with one attached hydrogen (secondary N) is 2. The van der Waals surface area contributed by atoms with E-state index in [-0.39, 0.29) is 5.91 Å². The van der Waals surface area contributed by atoms with Gasteiger partial charge in [-0.25, -0.2) is 4.39 Å². The lowest BCUT2D eigenvalue weighted by atomic mass is 10.0. The summed E-state index contributed by atoms with van der Waals surface area (Å²) in [6.45, 7) is 1.85. The predicted molar refractivity (Wildman–Crippen MR) is 141 cm³/mol. The SMILES string of the molecule is COc1cc2nccc(Oc3ccc(NC(=O)C4(C(=O)Nc5ccc(F)cc5)CC4)c(C)c3)c2cc1OC. The maximum atomic E-state index is 13.2. The molecule has 0 spiro atoms. The average molecular weight is 516 g/mol. The van der Waals surface area contributed by atoms with Gasteiger partial charge in [-0.15, -0.1) is 0 Å². The summed E-state index contributed by atoms with van der Waals surface area (Å²) in [4.78, 5) is 30.3. The second-order valence-electron chi connectivity index (χ2n) is 9.11. The Morgan fingerprint density at radius 2 is 1.55 bits per heavy atom. The average Bonchev–Trinajstić information content (AvgIpc) is 3.73. The van der Waals surface area contributed by atoms with Crippen molar-refractivity contribution in [1.82, 2.24) is 4.98 Å². The van der Waals surface area contributed by atoms with Gasteiger partial charge in [0, 0.05) is 29.0 Å². The van der Waals surface area contributed by atoms with Gasteiger partial charge in [0.05, 0.1) is 19.7 Å². The molecule has 2 N–H and O–H groups in total. The molecule has 0 aliphatic heterocycles. The highest BCUT2D eigenvalue weighted by atomic mass is 19.1. The molecular weight excluding hydrogens is 489 g/mol. The zero-order valence-electron chi connectivity index (χ0n) is 21.1. The fourth-order valence-electron chi connectivity index (χ4n) is 4.21. The first-order valence-corrected chi connectivity index (χ1v) is 12.0. The molecule has 1 aromatic heterocycles. The van der Waals surface area contributed by atoms with E-state index in [1.165, 1.54) is 24.3 Å². The molecule has 1 aliphatic carbocycles. The zero-order valence-corrected chi connectivity index (χ0v) is 21.1. The van der Waals surface area contributed by atoms with Gasteiger partial charge in [0.2, 0.25) is 11.8 Å². The Bertz CT molecular complexity index is 1530. The van der Waals surface area contributed by atoms with Crippen LogP contribution in [0.2, 0.25) is 0 Å². The van der Waals surface area contributed by atoms with Crippen molar-refractivity contribution in [2.45, 2.75) is 19.8 Å². The fourth-order valence-corrected chi connectivity index (χ4v) is 4.21. The van der Waals surface area contributed by atoms with Gasteiger partial charge in [0.1, 0.15) is 22.7 Å². The Labute approximate surface area is 218 Å². The number of rotatable bonds is 8. The van der Waals surface area contributed by atoms with Crippen molar-refractivity contribution in [3.05, 3.63) is 78.2 Å². The van der Waals surface area contributed by atoms with Crippen molar-refractivity contribution in [3.8, 4) is 23.0 Å². The third-order valence-corrected chi connectivity index (χ3v) is 6.60. The zero-order chi connectivity index (χ0) is 26.9. The quantitative estimate of drug-likeness (QED) is 0.286. The minimum absolute atomic E-state index is 0.380.